The largest absolute Gasteiger partial charge is 0.354 e. The van der Waals surface area contributed by atoms with Gasteiger partial charge in [0, 0.05) is 23.9 Å². The highest BCUT2D eigenvalue weighted by atomic mass is 35.5. The van der Waals surface area contributed by atoms with Crippen LogP contribution in [0.5, 0.6) is 0 Å². The molecule has 0 aliphatic carbocycles. The predicted molar refractivity (Wildman–Crippen MR) is 104 cm³/mol. The van der Waals surface area contributed by atoms with E-state index in [1.165, 1.54) is 11.8 Å². The van der Waals surface area contributed by atoms with Crippen molar-refractivity contribution in [1.82, 2.24) is 29.7 Å². The fourth-order valence-corrected chi connectivity index (χ4v) is 2.96. The monoisotopic (exact) mass is 390 g/mol. The first kappa shape index (κ1) is 18.4. The normalized spacial score (nSPS) is 10.7. The summed E-state index contributed by atoms with van der Waals surface area (Å²) in [6, 6.07) is 7.73. The van der Waals surface area contributed by atoms with Crippen molar-refractivity contribution in [2.24, 2.45) is 0 Å². The van der Waals surface area contributed by atoms with Crippen LogP contribution in [0.3, 0.4) is 0 Å². The molecule has 10 heteroatoms. The van der Waals surface area contributed by atoms with E-state index in [0.29, 0.717) is 36.1 Å². The first-order valence-corrected chi connectivity index (χ1v) is 9.57. The summed E-state index contributed by atoms with van der Waals surface area (Å²) in [5, 5.41) is 12.0. The Morgan fingerprint density at radius 1 is 1.00 bits per heavy atom. The molecule has 26 heavy (non-hydrogen) atoms. The topological polar surface area (TPSA) is 93.4 Å². The van der Waals surface area contributed by atoms with Gasteiger partial charge in [-0.05, 0) is 31.5 Å². The molecule has 2 N–H and O–H groups in total. The lowest BCUT2D eigenvalue weighted by molar-refractivity contribution is 0.770. The summed E-state index contributed by atoms with van der Waals surface area (Å²) in [5.74, 6) is 2.17. The Morgan fingerprint density at radius 3 is 2.27 bits per heavy atom. The van der Waals surface area contributed by atoms with Gasteiger partial charge in [-0.3, -0.25) is 0 Å². The van der Waals surface area contributed by atoms with Gasteiger partial charge in [-0.25, -0.2) is 4.98 Å². The number of hydrogen-bond donors (Lipinski definition) is 2. The van der Waals surface area contributed by atoms with Gasteiger partial charge in [-0.1, -0.05) is 35.5 Å². The van der Waals surface area contributed by atoms with Gasteiger partial charge < -0.3 is 10.6 Å². The van der Waals surface area contributed by atoms with E-state index in [2.05, 4.69) is 35.7 Å². The average Bonchev–Trinajstić information content (AvgIpc) is 3.11. The van der Waals surface area contributed by atoms with Gasteiger partial charge in [0.2, 0.25) is 17.1 Å². The van der Waals surface area contributed by atoms with E-state index in [1.807, 2.05) is 38.1 Å². The second kappa shape index (κ2) is 8.81. The fraction of sp³-hybridized carbons (Fsp3) is 0.312. The molecular weight excluding hydrogens is 372 g/mol. The SMILES string of the molecule is CCNc1nc(NCC)nc(-n2cnc(SCc3ccc(Cl)cc3)n2)n1. The number of hydrogen-bond acceptors (Lipinski definition) is 8. The predicted octanol–water partition coefficient (Wildman–Crippen LogP) is 3.26. The Balaban J connectivity index is 1.74. The summed E-state index contributed by atoms with van der Waals surface area (Å²) < 4.78 is 1.55. The molecule has 0 saturated carbocycles. The van der Waals surface area contributed by atoms with Gasteiger partial charge >= 0.3 is 0 Å². The van der Waals surface area contributed by atoms with Gasteiger partial charge in [-0.15, -0.1) is 5.10 Å². The molecule has 1 aromatic carbocycles. The van der Waals surface area contributed by atoms with Crippen molar-refractivity contribution >= 4 is 35.3 Å². The van der Waals surface area contributed by atoms with Crippen LogP contribution in [0.15, 0.2) is 35.7 Å². The van der Waals surface area contributed by atoms with Crippen molar-refractivity contribution in [3.63, 3.8) is 0 Å². The molecule has 3 rings (SSSR count). The van der Waals surface area contributed by atoms with Crippen molar-refractivity contribution in [3.05, 3.63) is 41.2 Å². The standard InChI is InChI=1S/C16H19ClN8S/c1-3-18-13-21-14(19-4-2)23-15(22-13)25-10-20-16(24-25)26-9-11-5-7-12(17)8-6-11/h5-8,10H,3-4,9H2,1-2H3,(H2,18,19,21,22,23). The molecule has 0 radical (unpaired) electrons. The minimum absolute atomic E-state index is 0.415. The van der Waals surface area contributed by atoms with Crippen molar-refractivity contribution in [3.8, 4) is 5.95 Å². The molecule has 8 nitrogen and oxygen atoms in total. The maximum absolute atomic E-state index is 5.91. The Hall–Kier alpha value is -2.39. The minimum Gasteiger partial charge on any atom is -0.354 e. The molecule has 2 heterocycles. The Kier molecular flexibility index (Phi) is 6.24. The van der Waals surface area contributed by atoms with Crippen LogP contribution in [0.4, 0.5) is 11.9 Å². The van der Waals surface area contributed by atoms with Crippen LogP contribution in [0.1, 0.15) is 19.4 Å². The Labute approximate surface area is 160 Å². The molecular formula is C16H19ClN8S. The molecule has 0 fully saturated rings. The summed E-state index contributed by atoms with van der Waals surface area (Å²) in [7, 11) is 0. The number of benzene rings is 1. The van der Waals surface area contributed by atoms with E-state index in [0.717, 1.165) is 16.3 Å². The Bertz CT molecular complexity index is 827. The summed E-state index contributed by atoms with van der Waals surface area (Å²) in [5.41, 5.74) is 1.15. The number of aromatic nitrogens is 6. The van der Waals surface area contributed by atoms with Crippen LogP contribution in [-0.2, 0) is 5.75 Å². The zero-order valence-electron chi connectivity index (χ0n) is 14.5. The maximum Gasteiger partial charge on any atom is 0.258 e. The lowest BCUT2D eigenvalue weighted by Gasteiger charge is -2.07. The highest BCUT2D eigenvalue weighted by molar-refractivity contribution is 7.98. The van der Waals surface area contributed by atoms with E-state index in [9.17, 15) is 0 Å². The van der Waals surface area contributed by atoms with E-state index < -0.39 is 0 Å². The first-order chi connectivity index (χ1) is 12.7. The second-order valence-electron chi connectivity index (χ2n) is 5.23. The molecule has 0 amide bonds. The van der Waals surface area contributed by atoms with Crippen LogP contribution in [0.2, 0.25) is 5.02 Å². The number of rotatable bonds is 8. The van der Waals surface area contributed by atoms with E-state index >= 15 is 0 Å². The van der Waals surface area contributed by atoms with Gasteiger partial charge in [0.15, 0.2) is 0 Å². The highest BCUT2D eigenvalue weighted by Gasteiger charge is 2.10. The maximum atomic E-state index is 5.91. The number of nitrogens with zero attached hydrogens (tertiary/aromatic N) is 6. The smallest absolute Gasteiger partial charge is 0.258 e. The van der Waals surface area contributed by atoms with Crippen molar-refractivity contribution < 1.29 is 0 Å². The first-order valence-electron chi connectivity index (χ1n) is 8.21. The number of nitrogens with one attached hydrogen (secondary N) is 2. The third kappa shape index (κ3) is 4.83. The summed E-state index contributed by atoms with van der Waals surface area (Å²) >= 11 is 7.44. The van der Waals surface area contributed by atoms with Gasteiger partial charge in [0.05, 0.1) is 0 Å². The van der Waals surface area contributed by atoms with Gasteiger partial charge in [0.25, 0.3) is 5.95 Å². The van der Waals surface area contributed by atoms with E-state index in [1.54, 1.807) is 11.0 Å². The third-order valence-corrected chi connectivity index (χ3v) is 4.43. The number of anilines is 2. The quantitative estimate of drug-likeness (QED) is 0.566. The highest BCUT2D eigenvalue weighted by Crippen LogP contribution is 2.20. The van der Waals surface area contributed by atoms with E-state index in [-0.39, 0.29) is 0 Å². The molecule has 0 spiro atoms. The van der Waals surface area contributed by atoms with Crippen LogP contribution < -0.4 is 10.6 Å². The van der Waals surface area contributed by atoms with Crippen LogP contribution in [-0.4, -0.2) is 42.8 Å². The lowest BCUT2D eigenvalue weighted by Crippen LogP contribution is -2.12. The molecule has 0 aliphatic rings. The van der Waals surface area contributed by atoms with Gasteiger partial charge in [-0.2, -0.15) is 19.6 Å². The number of halogens is 1. The Morgan fingerprint density at radius 2 is 1.65 bits per heavy atom. The average molecular weight is 391 g/mol. The van der Waals surface area contributed by atoms with Crippen LogP contribution in [0.25, 0.3) is 5.95 Å². The summed E-state index contributed by atoms with van der Waals surface area (Å²) in [6.45, 7) is 5.40. The van der Waals surface area contributed by atoms with Crippen LogP contribution >= 0.6 is 23.4 Å². The minimum atomic E-state index is 0.415. The molecule has 136 valence electrons. The molecule has 0 saturated heterocycles. The van der Waals surface area contributed by atoms with Crippen molar-refractivity contribution in [2.45, 2.75) is 24.8 Å². The molecule has 2 aromatic heterocycles. The second-order valence-corrected chi connectivity index (χ2v) is 6.61. The van der Waals surface area contributed by atoms with Crippen LogP contribution in [0, 0.1) is 0 Å². The zero-order valence-corrected chi connectivity index (χ0v) is 16.0. The van der Waals surface area contributed by atoms with Crippen molar-refractivity contribution in [2.75, 3.05) is 23.7 Å². The number of thioether (sulfide) groups is 1. The molecule has 3 aromatic rings. The molecule has 0 unspecified atom stereocenters. The summed E-state index contributed by atoms with van der Waals surface area (Å²) in [6.07, 6.45) is 1.60. The van der Waals surface area contributed by atoms with Crippen molar-refractivity contribution in [1.29, 1.82) is 0 Å². The zero-order chi connectivity index (χ0) is 18.4. The molecule has 0 atom stereocenters. The van der Waals surface area contributed by atoms with E-state index in [4.69, 9.17) is 11.6 Å². The third-order valence-electron chi connectivity index (χ3n) is 3.25. The van der Waals surface area contributed by atoms with Gasteiger partial charge in [0.1, 0.15) is 6.33 Å². The molecule has 0 aliphatic heterocycles. The summed E-state index contributed by atoms with van der Waals surface area (Å²) in [4.78, 5) is 17.4. The lowest BCUT2D eigenvalue weighted by atomic mass is 10.2. The fourth-order valence-electron chi connectivity index (χ4n) is 2.08. The molecule has 0 bridgehead atoms.